The summed E-state index contributed by atoms with van der Waals surface area (Å²) in [7, 11) is -2.30. The Morgan fingerprint density at radius 3 is 1.68 bits per heavy atom. The number of hydrogen-bond acceptors (Lipinski definition) is 0. The van der Waals surface area contributed by atoms with Crippen LogP contribution in [0, 0.1) is 0 Å². The van der Waals surface area contributed by atoms with E-state index in [4.69, 9.17) is 0 Å². The lowest BCUT2D eigenvalue weighted by Crippen LogP contribution is -2.72. The minimum atomic E-state index is -2.30. The normalized spacial score (nSPS) is 14.0. The van der Waals surface area contributed by atoms with Gasteiger partial charge in [-0.2, -0.15) is 0 Å². The molecule has 1 heterocycles. The third-order valence-electron chi connectivity index (χ3n) is 6.15. The smallest absolute Gasteiger partial charge is 0.0623 e. The van der Waals surface area contributed by atoms with Crippen LogP contribution in [0.1, 0.15) is 25.3 Å². The summed E-state index contributed by atoms with van der Waals surface area (Å²) in [5, 5.41) is 5.99. The van der Waals surface area contributed by atoms with Crippen LogP contribution >= 0.6 is 0 Å². The highest BCUT2D eigenvalue weighted by Crippen LogP contribution is 2.28. The standard InChI is InChI=1S/C27H24Si/c1-20(2)21-11-10-14-23(19-21)28(22-12-4-3-5-13-22)26-17-8-6-15-24(26)25-16-7-9-18-27(25)28/h3-20H,1-2H3. The van der Waals surface area contributed by atoms with Gasteiger partial charge in [0.1, 0.15) is 0 Å². The first kappa shape index (κ1) is 17.2. The van der Waals surface area contributed by atoms with Gasteiger partial charge in [0.2, 0.25) is 0 Å². The van der Waals surface area contributed by atoms with E-state index in [-0.39, 0.29) is 0 Å². The van der Waals surface area contributed by atoms with Crippen LogP contribution in [0.15, 0.2) is 103 Å². The molecule has 28 heavy (non-hydrogen) atoms. The average molecular weight is 377 g/mol. The Hall–Kier alpha value is -2.90. The number of hydrogen-bond donors (Lipinski definition) is 0. The SMILES string of the molecule is CC(C)c1cccc([Si]2(c3ccccc3)c3ccccc3-c3ccccc32)c1. The fourth-order valence-electron chi connectivity index (χ4n) is 4.84. The van der Waals surface area contributed by atoms with Gasteiger partial charge < -0.3 is 0 Å². The van der Waals surface area contributed by atoms with Gasteiger partial charge in [0.05, 0.1) is 0 Å². The van der Waals surface area contributed by atoms with Gasteiger partial charge in [-0.15, -0.1) is 0 Å². The zero-order chi connectivity index (χ0) is 19.1. The van der Waals surface area contributed by atoms with E-state index < -0.39 is 8.07 Å². The van der Waals surface area contributed by atoms with Gasteiger partial charge in [-0.3, -0.25) is 0 Å². The van der Waals surface area contributed by atoms with Gasteiger partial charge in [-0.25, -0.2) is 0 Å². The van der Waals surface area contributed by atoms with E-state index in [0.29, 0.717) is 5.92 Å². The molecule has 0 fully saturated rings. The Bertz CT molecular complexity index is 1100. The summed E-state index contributed by atoms with van der Waals surface area (Å²) in [6.07, 6.45) is 0. The lowest BCUT2D eigenvalue weighted by molar-refractivity contribution is 0.868. The van der Waals surface area contributed by atoms with E-state index in [9.17, 15) is 0 Å². The van der Waals surface area contributed by atoms with Gasteiger partial charge >= 0.3 is 0 Å². The third kappa shape index (κ3) is 2.36. The van der Waals surface area contributed by atoms with Crippen molar-refractivity contribution in [3.63, 3.8) is 0 Å². The van der Waals surface area contributed by atoms with Crippen LogP contribution in [-0.2, 0) is 0 Å². The summed E-state index contributed by atoms with van der Waals surface area (Å²) in [5.74, 6) is 0.522. The third-order valence-corrected chi connectivity index (χ3v) is 11.0. The lowest BCUT2D eigenvalue weighted by atomic mass is 10.0. The van der Waals surface area contributed by atoms with Crippen LogP contribution in [0.3, 0.4) is 0 Å². The number of rotatable bonds is 3. The molecule has 1 aliphatic rings. The van der Waals surface area contributed by atoms with Gasteiger partial charge in [-0.05, 0) is 43.4 Å². The molecule has 0 spiro atoms. The molecule has 136 valence electrons. The van der Waals surface area contributed by atoms with Crippen molar-refractivity contribution in [3.8, 4) is 11.1 Å². The highest BCUT2D eigenvalue weighted by atomic mass is 28.3. The molecule has 4 aromatic rings. The highest BCUT2D eigenvalue weighted by molar-refractivity contribution is 7.22. The highest BCUT2D eigenvalue weighted by Gasteiger charge is 2.48. The van der Waals surface area contributed by atoms with Crippen LogP contribution in [-0.4, -0.2) is 8.07 Å². The van der Waals surface area contributed by atoms with Crippen molar-refractivity contribution in [2.75, 3.05) is 0 Å². The molecular formula is C27H24Si. The molecular weight excluding hydrogens is 352 g/mol. The molecule has 0 N–H and O–H groups in total. The molecule has 0 bridgehead atoms. The molecule has 0 aromatic heterocycles. The first-order chi connectivity index (χ1) is 13.7. The molecule has 0 amide bonds. The molecule has 5 rings (SSSR count). The molecule has 0 atom stereocenters. The number of fused-ring (bicyclic) bond motifs is 3. The molecule has 0 unspecified atom stereocenters. The molecule has 0 radical (unpaired) electrons. The summed E-state index contributed by atoms with van der Waals surface area (Å²) in [5.41, 5.74) is 4.23. The summed E-state index contributed by atoms with van der Waals surface area (Å²) >= 11 is 0. The van der Waals surface area contributed by atoms with Crippen molar-refractivity contribution in [2.24, 2.45) is 0 Å². The van der Waals surface area contributed by atoms with Crippen molar-refractivity contribution in [1.29, 1.82) is 0 Å². The molecule has 0 saturated carbocycles. The molecule has 0 nitrogen and oxygen atoms in total. The first-order valence-corrected chi connectivity index (χ1v) is 12.1. The maximum atomic E-state index is 2.47. The van der Waals surface area contributed by atoms with Crippen LogP contribution in [0.2, 0.25) is 0 Å². The van der Waals surface area contributed by atoms with E-state index >= 15 is 0 Å². The Kier molecular flexibility index (Phi) is 4.06. The van der Waals surface area contributed by atoms with Crippen LogP contribution in [0.4, 0.5) is 0 Å². The summed E-state index contributed by atoms with van der Waals surface area (Å²) in [4.78, 5) is 0. The second kappa shape index (κ2) is 6.61. The van der Waals surface area contributed by atoms with Crippen molar-refractivity contribution in [1.82, 2.24) is 0 Å². The maximum Gasteiger partial charge on any atom is 0.180 e. The monoisotopic (exact) mass is 376 g/mol. The molecule has 1 heteroatoms. The van der Waals surface area contributed by atoms with Crippen molar-refractivity contribution < 1.29 is 0 Å². The zero-order valence-corrected chi connectivity index (χ0v) is 17.4. The van der Waals surface area contributed by atoms with E-state index in [1.165, 1.54) is 37.4 Å². The Balaban J connectivity index is 1.94. The summed E-state index contributed by atoms with van der Waals surface area (Å²) in [6, 6.07) is 38.7. The fourth-order valence-corrected chi connectivity index (χ4v) is 10.1. The van der Waals surface area contributed by atoms with Gasteiger partial charge in [0.15, 0.2) is 8.07 Å². The van der Waals surface area contributed by atoms with Crippen molar-refractivity contribution in [2.45, 2.75) is 19.8 Å². The molecule has 0 saturated heterocycles. The maximum absolute atomic E-state index is 2.47. The number of benzene rings is 4. The Morgan fingerprint density at radius 1 is 0.536 bits per heavy atom. The van der Waals surface area contributed by atoms with Crippen LogP contribution in [0.25, 0.3) is 11.1 Å². The fraction of sp³-hybridized carbons (Fsp3) is 0.111. The van der Waals surface area contributed by atoms with Crippen molar-refractivity contribution in [3.05, 3.63) is 109 Å². The van der Waals surface area contributed by atoms with Crippen LogP contribution in [0.5, 0.6) is 0 Å². The van der Waals surface area contributed by atoms with Gasteiger partial charge in [0.25, 0.3) is 0 Å². The molecule has 1 aliphatic heterocycles. The van der Waals surface area contributed by atoms with E-state index in [1.807, 2.05) is 0 Å². The zero-order valence-electron chi connectivity index (χ0n) is 16.4. The first-order valence-electron chi connectivity index (χ1n) is 10.1. The average Bonchev–Trinajstić information content (AvgIpc) is 3.06. The molecule has 4 aromatic carbocycles. The van der Waals surface area contributed by atoms with Crippen LogP contribution < -0.4 is 20.7 Å². The van der Waals surface area contributed by atoms with E-state index in [2.05, 4.69) is 117 Å². The second-order valence-electron chi connectivity index (χ2n) is 7.99. The van der Waals surface area contributed by atoms with Gasteiger partial charge in [-0.1, -0.05) is 117 Å². The van der Waals surface area contributed by atoms with Crippen molar-refractivity contribution >= 4 is 28.8 Å². The second-order valence-corrected chi connectivity index (χ2v) is 11.7. The van der Waals surface area contributed by atoms with E-state index in [1.54, 1.807) is 0 Å². The minimum Gasteiger partial charge on any atom is -0.0623 e. The molecule has 0 aliphatic carbocycles. The summed E-state index contributed by atoms with van der Waals surface area (Å²) in [6.45, 7) is 4.57. The predicted molar refractivity (Wildman–Crippen MR) is 123 cm³/mol. The Labute approximate surface area is 168 Å². The predicted octanol–water partition coefficient (Wildman–Crippen LogP) is 4.17. The quantitative estimate of drug-likeness (QED) is 0.415. The summed E-state index contributed by atoms with van der Waals surface area (Å²) < 4.78 is 0. The topological polar surface area (TPSA) is 0 Å². The Morgan fingerprint density at radius 2 is 1.07 bits per heavy atom. The minimum absolute atomic E-state index is 0.522. The lowest BCUT2D eigenvalue weighted by Gasteiger charge is -2.31. The largest absolute Gasteiger partial charge is 0.180 e. The van der Waals surface area contributed by atoms with Gasteiger partial charge in [0, 0.05) is 0 Å². The van der Waals surface area contributed by atoms with E-state index in [0.717, 1.165) is 0 Å².